The van der Waals surface area contributed by atoms with E-state index < -0.39 is 0 Å². The number of aromatic nitrogens is 4. The third-order valence-corrected chi connectivity index (χ3v) is 2.86. The number of rotatable bonds is 6. The van der Waals surface area contributed by atoms with Gasteiger partial charge < -0.3 is 5.32 Å². The summed E-state index contributed by atoms with van der Waals surface area (Å²) in [5.41, 5.74) is 2.02. The first-order valence-electron chi connectivity index (χ1n) is 6.78. The molecule has 0 radical (unpaired) electrons. The lowest BCUT2D eigenvalue weighted by molar-refractivity contribution is 0.660. The van der Waals surface area contributed by atoms with Crippen molar-refractivity contribution in [2.24, 2.45) is 0 Å². The summed E-state index contributed by atoms with van der Waals surface area (Å²) in [5, 5.41) is 7.79. The molecule has 0 saturated carbocycles. The van der Waals surface area contributed by atoms with Crippen molar-refractivity contribution in [3.05, 3.63) is 36.0 Å². The topological polar surface area (TPSA) is 55.6 Å². The molecular formula is C14H21N5. The summed E-state index contributed by atoms with van der Waals surface area (Å²) < 4.78 is 1.77. The Morgan fingerprint density at radius 3 is 2.68 bits per heavy atom. The van der Waals surface area contributed by atoms with Gasteiger partial charge in [-0.05, 0) is 24.9 Å². The maximum atomic E-state index is 4.48. The second-order valence-corrected chi connectivity index (χ2v) is 4.88. The highest BCUT2D eigenvalue weighted by Gasteiger charge is 2.06. The summed E-state index contributed by atoms with van der Waals surface area (Å²) in [6.45, 7) is 8.16. The van der Waals surface area contributed by atoms with Gasteiger partial charge in [0.15, 0.2) is 5.82 Å². The molecule has 0 spiro atoms. The lowest BCUT2D eigenvalue weighted by Crippen LogP contribution is -2.15. The molecule has 19 heavy (non-hydrogen) atoms. The molecule has 5 nitrogen and oxygen atoms in total. The van der Waals surface area contributed by atoms with E-state index in [0.29, 0.717) is 5.92 Å². The molecule has 0 fully saturated rings. The van der Waals surface area contributed by atoms with Crippen molar-refractivity contribution in [1.82, 2.24) is 25.1 Å². The van der Waals surface area contributed by atoms with Crippen molar-refractivity contribution in [3.63, 3.8) is 0 Å². The Bertz CT molecular complexity index is 501. The molecule has 0 atom stereocenters. The molecule has 0 amide bonds. The van der Waals surface area contributed by atoms with Crippen molar-refractivity contribution in [1.29, 1.82) is 0 Å². The molecule has 0 saturated heterocycles. The first-order chi connectivity index (χ1) is 9.20. The summed E-state index contributed by atoms with van der Waals surface area (Å²) in [7, 11) is 0. The summed E-state index contributed by atoms with van der Waals surface area (Å²) >= 11 is 0. The molecule has 0 aliphatic carbocycles. The van der Waals surface area contributed by atoms with Crippen LogP contribution in [0.3, 0.4) is 0 Å². The molecule has 0 aliphatic rings. The van der Waals surface area contributed by atoms with E-state index in [-0.39, 0.29) is 0 Å². The highest BCUT2D eigenvalue weighted by atomic mass is 15.3. The van der Waals surface area contributed by atoms with E-state index in [1.807, 2.05) is 12.3 Å². The van der Waals surface area contributed by atoms with Gasteiger partial charge in [0.25, 0.3) is 0 Å². The minimum Gasteiger partial charge on any atom is -0.311 e. The maximum absolute atomic E-state index is 4.48. The lowest BCUT2D eigenvalue weighted by atomic mass is 10.1. The average molecular weight is 259 g/mol. The van der Waals surface area contributed by atoms with Gasteiger partial charge >= 0.3 is 0 Å². The van der Waals surface area contributed by atoms with Crippen LogP contribution in [0.5, 0.6) is 0 Å². The fourth-order valence-corrected chi connectivity index (χ4v) is 1.72. The van der Waals surface area contributed by atoms with Crippen LogP contribution in [0.25, 0.3) is 5.82 Å². The van der Waals surface area contributed by atoms with Crippen molar-refractivity contribution in [3.8, 4) is 5.82 Å². The number of nitrogens with zero attached hydrogens (tertiary/aromatic N) is 4. The lowest BCUT2D eigenvalue weighted by Gasteiger charge is -2.04. The molecule has 2 rings (SSSR count). The Morgan fingerprint density at radius 2 is 2.11 bits per heavy atom. The average Bonchev–Trinajstić information content (AvgIpc) is 2.90. The Labute approximate surface area is 114 Å². The molecule has 1 N–H and O–H groups in total. The standard InChI is InChI=1S/C14H21N5/c1-4-6-15-8-12-9-17-14(10-16-12)19-7-5-13(18-19)11(2)3/h5,7,9-11,15H,4,6,8H2,1-3H3. The Morgan fingerprint density at radius 1 is 1.26 bits per heavy atom. The van der Waals surface area contributed by atoms with E-state index in [4.69, 9.17) is 0 Å². The Kier molecular flexibility index (Phi) is 4.63. The van der Waals surface area contributed by atoms with Gasteiger partial charge in [-0.25, -0.2) is 9.67 Å². The quantitative estimate of drug-likeness (QED) is 0.809. The van der Waals surface area contributed by atoms with Crippen molar-refractivity contribution >= 4 is 0 Å². The monoisotopic (exact) mass is 259 g/mol. The summed E-state index contributed by atoms with van der Waals surface area (Å²) in [5.74, 6) is 1.18. The second kappa shape index (κ2) is 6.43. The zero-order chi connectivity index (χ0) is 13.7. The van der Waals surface area contributed by atoms with E-state index in [1.165, 1.54) is 0 Å². The van der Waals surface area contributed by atoms with Gasteiger partial charge in [-0.1, -0.05) is 20.8 Å². The third-order valence-electron chi connectivity index (χ3n) is 2.86. The predicted molar refractivity (Wildman–Crippen MR) is 75.2 cm³/mol. The number of hydrogen-bond donors (Lipinski definition) is 1. The van der Waals surface area contributed by atoms with E-state index in [2.05, 4.69) is 41.2 Å². The van der Waals surface area contributed by atoms with E-state index in [0.717, 1.165) is 36.7 Å². The van der Waals surface area contributed by atoms with Gasteiger partial charge in [-0.15, -0.1) is 0 Å². The molecule has 0 aliphatic heterocycles. The highest BCUT2D eigenvalue weighted by molar-refractivity contribution is 5.19. The zero-order valence-corrected chi connectivity index (χ0v) is 11.8. The minimum absolute atomic E-state index is 0.423. The smallest absolute Gasteiger partial charge is 0.171 e. The molecule has 0 bridgehead atoms. The molecule has 2 aromatic heterocycles. The summed E-state index contributed by atoms with van der Waals surface area (Å²) in [4.78, 5) is 8.79. The molecular weight excluding hydrogens is 238 g/mol. The first kappa shape index (κ1) is 13.7. The number of nitrogens with one attached hydrogen (secondary N) is 1. The van der Waals surface area contributed by atoms with E-state index in [1.54, 1.807) is 17.1 Å². The van der Waals surface area contributed by atoms with E-state index >= 15 is 0 Å². The van der Waals surface area contributed by atoms with Gasteiger partial charge in [0.05, 0.1) is 23.8 Å². The zero-order valence-electron chi connectivity index (χ0n) is 11.8. The summed E-state index contributed by atoms with van der Waals surface area (Å²) in [6, 6.07) is 2.02. The molecule has 2 aromatic rings. The Balaban J connectivity index is 2.04. The molecule has 2 heterocycles. The van der Waals surface area contributed by atoms with Crippen molar-refractivity contribution in [2.75, 3.05) is 6.54 Å². The highest BCUT2D eigenvalue weighted by Crippen LogP contribution is 2.12. The van der Waals surface area contributed by atoms with Crippen LogP contribution in [0.15, 0.2) is 24.7 Å². The van der Waals surface area contributed by atoms with Crippen LogP contribution in [0.4, 0.5) is 0 Å². The van der Waals surface area contributed by atoms with Crippen LogP contribution in [0, 0.1) is 0 Å². The van der Waals surface area contributed by atoms with Gasteiger partial charge in [0, 0.05) is 12.7 Å². The van der Waals surface area contributed by atoms with Crippen LogP contribution >= 0.6 is 0 Å². The van der Waals surface area contributed by atoms with Crippen LogP contribution < -0.4 is 5.32 Å². The Hall–Kier alpha value is -1.75. The predicted octanol–water partition coefficient (Wildman–Crippen LogP) is 2.29. The molecule has 0 aromatic carbocycles. The SMILES string of the molecule is CCCNCc1cnc(-n2ccc(C(C)C)n2)cn1. The first-order valence-corrected chi connectivity index (χ1v) is 6.78. The van der Waals surface area contributed by atoms with Crippen LogP contribution in [-0.4, -0.2) is 26.3 Å². The molecule has 102 valence electrons. The second-order valence-electron chi connectivity index (χ2n) is 4.88. The fourth-order valence-electron chi connectivity index (χ4n) is 1.72. The van der Waals surface area contributed by atoms with Crippen LogP contribution in [0.1, 0.15) is 44.5 Å². The maximum Gasteiger partial charge on any atom is 0.171 e. The van der Waals surface area contributed by atoms with Gasteiger partial charge in [-0.3, -0.25) is 4.98 Å². The van der Waals surface area contributed by atoms with Gasteiger partial charge in [0.1, 0.15) is 0 Å². The summed E-state index contributed by atoms with van der Waals surface area (Å²) in [6.07, 6.45) is 6.61. The number of hydrogen-bond acceptors (Lipinski definition) is 4. The third kappa shape index (κ3) is 3.61. The van der Waals surface area contributed by atoms with Crippen molar-refractivity contribution in [2.45, 2.75) is 39.7 Å². The molecule has 0 unspecified atom stereocenters. The van der Waals surface area contributed by atoms with E-state index in [9.17, 15) is 0 Å². The van der Waals surface area contributed by atoms with Crippen molar-refractivity contribution < 1.29 is 0 Å². The fraction of sp³-hybridized carbons (Fsp3) is 0.500. The normalized spacial score (nSPS) is 11.2. The van der Waals surface area contributed by atoms with Gasteiger partial charge in [-0.2, -0.15) is 5.10 Å². The molecule has 5 heteroatoms. The minimum atomic E-state index is 0.423. The largest absolute Gasteiger partial charge is 0.311 e. The van der Waals surface area contributed by atoms with Crippen LogP contribution in [-0.2, 0) is 6.54 Å². The van der Waals surface area contributed by atoms with Crippen LogP contribution in [0.2, 0.25) is 0 Å². The van der Waals surface area contributed by atoms with Gasteiger partial charge in [0.2, 0.25) is 0 Å².